The van der Waals surface area contributed by atoms with Gasteiger partial charge in [0.05, 0.1) is 10.6 Å². The number of carbonyl (C=O) groups is 1. The quantitative estimate of drug-likeness (QED) is 0.862. The fourth-order valence-corrected chi connectivity index (χ4v) is 2.58. The summed E-state index contributed by atoms with van der Waals surface area (Å²) in [5, 5.41) is 3.67. The number of hydrogen-bond donors (Lipinski definition) is 1. The van der Waals surface area contributed by atoms with Gasteiger partial charge >= 0.3 is 0 Å². The van der Waals surface area contributed by atoms with Gasteiger partial charge in [-0.3, -0.25) is 4.79 Å². The van der Waals surface area contributed by atoms with E-state index in [9.17, 15) is 4.79 Å². The van der Waals surface area contributed by atoms with Crippen LogP contribution in [0.4, 0.5) is 0 Å². The first-order valence-electron chi connectivity index (χ1n) is 6.27. The second-order valence-electron chi connectivity index (χ2n) is 5.17. The van der Waals surface area contributed by atoms with E-state index >= 15 is 0 Å². The highest BCUT2D eigenvalue weighted by Gasteiger charge is 2.42. The minimum atomic E-state index is -0.0927. The molecule has 5 heteroatoms. The van der Waals surface area contributed by atoms with Gasteiger partial charge in [0.1, 0.15) is 5.15 Å². The molecule has 0 radical (unpaired) electrons. The maximum Gasteiger partial charge on any atom is 0.253 e. The van der Waals surface area contributed by atoms with Crippen LogP contribution in [0.3, 0.4) is 0 Å². The second-order valence-corrected chi connectivity index (χ2v) is 5.94. The van der Waals surface area contributed by atoms with E-state index in [-0.39, 0.29) is 11.1 Å². The molecule has 1 aromatic heterocycles. The molecule has 0 aromatic carbocycles. The molecule has 3 rings (SSSR count). The number of nitrogens with one attached hydrogen (secondary N) is 1. The molecule has 18 heavy (non-hydrogen) atoms. The standard InChI is InChI=1S/C13H14Cl2N2O/c14-10-5-9(6-16-12(10)15)13(18)17-11(7-1-2-7)8-3-4-8/h5-8,11H,1-4H2,(H,17,18). The molecular weight excluding hydrogens is 271 g/mol. The minimum Gasteiger partial charge on any atom is -0.349 e. The molecule has 2 aliphatic carbocycles. The highest BCUT2D eigenvalue weighted by atomic mass is 35.5. The Hall–Kier alpha value is -0.800. The smallest absolute Gasteiger partial charge is 0.253 e. The number of carbonyl (C=O) groups excluding carboxylic acids is 1. The first-order chi connectivity index (χ1) is 8.65. The third-order valence-corrected chi connectivity index (χ3v) is 4.30. The molecule has 1 aromatic rings. The maximum atomic E-state index is 12.1. The number of rotatable bonds is 4. The first-order valence-corrected chi connectivity index (χ1v) is 7.02. The fourth-order valence-electron chi connectivity index (χ4n) is 2.31. The molecule has 0 aliphatic heterocycles. The number of pyridine rings is 1. The molecule has 2 saturated carbocycles. The third kappa shape index (κ3) is 2.62. The van der Waals surface area contributed by atoms with E-state index in [0.717, 1.165) is 0 Å². The van der Waals surface area contributed by atoms with Gasteiger partial charge in [-0.25, -0.2) is 4.98 Å². The van der Waals surface area contributed by atoms with Crippen LogP contribution in [0.1, 0.15) is 36.0 Å². The van der Waals surface area contributed by atoms with Crippen molar-refractivity contribution in [1.29, 1.82) is 0 Å². The summed E-state index contributed by atoms with van der Waals surface area (Å²) in [7, 11) is 0. The number of aromatic nitrogens is 1. The molecule has 1 N–H and O–H groups in total. The SMILES string of the molecule is O=C(NC(C1CC1)C1CC1)c1cnc(Cl)c(Cl)c1. The Labute approximate surface area is 116 Å². The van der Waals surface area contributed by atoms with Gasteiger partial charge in [-0.05, 0) is 43.6 Å². The Kier molecular flexibility index (Phi) is 3.20. The zero-order valence-electron chi connectivity index (χ0n) is 9.83. The molecule has 2 aliphatic rings. The Balaban J connectivity index is 1.71. The molecule has 0 spiro atoms. The molecule has 0 atom stereocenters. The van der Waals surface area contributed by atoms with Crippen molar-refractivity contribution in [3.8, 4) is 0 Å². The van der Waals surface area contributed by atoms with Crippen molar-refractivity contribution < 1.29 is 4.79 Å². The molecule has 1 heterocycles. The molecular formula is C13H14Cl2N2O. The van der Waals surface area contributed by atoms with Crippen molar-refractivity contribution in [2.45, 2.75) is 31.7 Å². The topological polar surface area (TPSA) is 42.0 Å². The largest absolute Gasteiger partial charge is 0.349 e. The van der Waals surface area contributed by atoms with Crippen LogP contribution in [-0.2, 0) is 0 Å². The Morgan fingerprint density at radius 2 is 1.89 bits per heavy atom. The molecule has 96 valence electrons. The van der Waals surface area contributed by atoms with Gasteiger partial charge in [0, 0.05) is 12.2 Å². The van der Waals surface area contributed by atoms with Gasteiger partial charge < -0.3 is 5.32 Å². The van der Waals surface area contributed by atoms with E-state index in [4.69, 9.17) is 23.2 Å². The highest BCUT2D eigenvalue weighted by Crippen LogP contribution is 2.44. The van der Waals surface area contributed by atoms with Gasteiger partial charge in [0.15, 0.2) is 0 Å². The Bertz CT molecular complexity index is 472. The van der Waals surface area contributed by atoms with Crippen LogP contribution >= 0.6 is 23.2 Å². The second kappa shape index (κ2) is 4.71. The molecule has 0 saturated heterocycles. The molecule has 2 fully saturated rings. The van der Waals surface area contributed by atoms with Crippen LogP contribution in [0.15, 0.2) is 12.3 Å². The lowest BCUT2D eigenvalue weighted by Gasteiger charge is -2.17. The van der Waals surface area contributed by atoms with Gasteiger partial charge in [-0.2, -0.15) is 0 Å². The number of nitrogens with zero attached hydrogens (tertiary/aromatic N) is 1. The molecule has 0 unspecified atom stereocenters. The highest BCUT2D eigenvalue weighted by molar-refractivity contribution is 6.41. The van der Waals surface area contributed by atoms with Crippen molar-refractivity contribution in [2.24, 2.45) is 11.8 Å². The number of amides is 1. The average Bonchev–Trinajstić information content (AvgIpc) is 3.22. The average molecular weight is 285 g/mol. The maximum absolute atomic E-state index is 12.1. The summed E-state index contributed by atoms with van der Waals surface area (Å²) in [5.41, 5.74) is 0.482. The predicted octanol–water partition coefficient (Wildman–Crippen LogP) is 3.31. The van der Waals surface area contributed by atoms with Gasteiger partial charge in [-0.1, -0.05) is 23.2 Å². The van der Waals surface area contributed by atoms with Crippen molar-refractivity contribution in [3.63, 3.8) is 0 Å². The summed E-state index contributed by atoms with van der Waals surface area (Å²) in [6.07, 6.45) is 6.42. The summed E-state index contributed by atoms with van der Waals surface area (Å²) >= 11 is 11.6. The van der Waals surface area contributed by atoms with E-state index in [1.165, 1.54) is 31.9 Å². The third-order valence-electron chi connectivity index (χ3n) is 3.62. The van der Waals surface area contributed by atoms with Crippen LogP contribution < -0.4 is 5.32 Å². The molecule has 0 bridgehead atoms. The van der Waals surface area contributed by atoms with Gasteiger partial charge in [-0.15, -0.1) is 0 Å². The first kappa shape index (κ1) is 12.2. The number of halogens is 2. The minimum absolute atomic E-state index is 0.0927. The Morgan fingerprint density at radius 1 is 1.28 bits per heavy atom. The van der Waals surface area contributed by atoms with E-state index in [0.29, 0.717) is 28.5 Å². The summed E-state index contributed by atoms with van der Waals surface area (Å²) in [6.45, 7) is 0. The summed E-state index contributed by atoms with van der Waals surface area (Å²) < 4.78 is 0. The van der Waals surface area contributed by atoms with Gasteiger partial charge in [0.25, 0.3) is 5.91 Å². The monoisotopic (exact) mass is 284 g/mol. The fraction of sp³-hybridized carbons (Fsp3) is 0.538. The van der Waals surface area contributed by atoms with E-state index in [2.05, 4.69) is 10.3 Å². The molecule has 1 amide bonds. The van der Waals surface area contributed by atoms with Crippen LogP contribution in [0, 0.1) is 11.8 Å². The van der Waals surface area contributed by atoms with Gasteiger partial charge in [0.2, 0.25) is 0 Å². The lowest BCUT2D eigenvalue weighted by molar-refractivity contribution is 0.0926. The van der Waals surface area contributed by atoms with Crippen LogP contribution in [0.5, 0.6) is 0 Å². The van der Waals surface area contributed by atoms with Crippen molar-refractivity contribution in [1.82, 2.24) is 10.3 Å². The molecule has 3 nitrogen and oxygen atoms in total. The predicted molar refractivity (Wildman–Crippen MR) is 71.0 cm³/mol. The summed E-state index contributed by atoms with van der Waals surface area (Å²) in [6, 6.07) is 1.91. The lowest BCUT2D eigenvalue weighted by Crippen LogP contribution is -2.38. The van der Waals surface area contributed by atoms with E-state index in [1.54, 1.807) is 6.07 Å². The lowest BCUT2D eigenvalue weighted by atomic mass is 10.1. The van der Waals surface area contributed by atoms with Crippen molar-refractivity contribution >= 4 is 29.1 Å². The number of hydrogen-bond acceptors (Lipinski definition) is 2. The van der Waals surface area contributed by atoms with Crippen LogP contribution in [-0.4, -0.2) is 16.9 Å². The van der Waals surface area contributed by atoms with E-state index < -0.39 is 0 Å². The van der Waals surface area contributed by atoms with Crippen LogP contribution in [0.25, 0.3) is 0 Å². The zero-order chi connectivity index (χ0) is 12.7. The van der Waals surface area contributed by atoms with E-state index in [1.807, 2.05) is 0 Å². The van der Waals surface area contributed by atoms with Crippen molar-refractivity contribution in [2.75, 3.05) is 0 Å². The summed E-state index contributed by atoms with van der Waals surface area (Å²) in [4.78, 5) is 16.0. The normalized spacial score (nSPS) is 19.1. The zero-order valence-corrected chi connectivity index (χ0v) is 11.3. The van der Waals surface area contributed by atoms with Crippen molar-refractivity contribution in [3.05, 3.63) is 28.0 Å². The van der Waals surface area contributed by atoms with Crippen LogP contribution in [0.2, 0.25) is 10.2 Å². The Morgan fingerprint density at radius 3 is 2.39 bits per heavy atom. The summed E-state index contributed by atoms with van der Waals surface area (Å²) in [5.74, 6) is 1.26.